The van der Waals surface area contributed by atoms with Crippen LogP contribution in [-0.2, 0) is 10.3 Å². The van der Waals surface area contributed by atoms with E-state index < -0.39 is 40.4 Å². The number of benzene rings is 1. The predicted octanol–water partition coefficient (Wildman–Crippen LogP) is 3.97. The third kappa shape index (κ3) is 3.65. The quantitative estimate of drug-likeness (QED) is 0.733. The Morgan fingerprint density at radius 3 is 2.58 bits per heavy atom. The van der Waals surface area contributed by atoms with Crippen LogP contribution in [0.2, 0.25) is 5.02 Å². The standard InChI is InChI=1S/C20H17ClF3N5O2/c1-18(2)20(23,24)19(3,31-17(26)29-18)12-7-11(4-5-14(12)22)28-16(30)15-13(21)6-10(8-25)9-27-15/h4-7,9H,1-3H3,(H2,26,29)(H,28,30)/t19-/m1/s1. The van der Waals surface area contributed by atoms with Gasteiger partial charge in [0.1, 0.15) is 23.1 Å². The first-order valence-electron chi connectivity index (χ1n) is 8.91. The molecule has 0 spiro atoms. The Balaban J connectivity index is 2.00. The average Bonchev–Trinajstić information content (AvgIpc) is 2.67. The third-order valence-corrected chi connectivity index (χ3v) is 5.28. The van der Waals surface area contributed by atoms with Crippen molar-refractivity contribution in [2.24, 2.45) is 10.7 Å². The predicted molar refractivity (Wildman–Crippen MR) is 107 cm³/mol. The van der Waals surface area contributed by atoms with Crippen molar-refractivity contribution < 1.29 is 22.7 Å². The van der Waals surface area contributed by atoms with Crippen molar-refractivity contribution in [1.29, 1.82) is 5.26 Å². The number of alkyl halides is 2. The van der Waals surface area contributed by atoms with E-state index in [2.05, 4.69) is 15.3 Å². The highest BCUT2D eigenvalue weighted by Crippen LogP contribution is 2.51. The Hall–Kier alpha value is -3.32. The number of carbonyl (C=O) groups excluding carboxylic acids is 1. The van der Waals surface area contributed by atoms with E-state index in [1.807, 2.05) is 6.07 Å². The number of ether oxygens (including phenoxy) is 1. The Bertz CT molecular complexity index is 1150. The maximum atomic E-state index is 15.3. The molecule has 0 bridgehead atoms. The number of anilines is 1. The molecule has 0 fully saturated rings. The highest BCUT2D eigenvalue weighted by atomic mass is 35.5. The molecule has 2 heterocycles. The number of pyridine rings is 1. The minimum absolute atomic E-state index is 0.0110. The molecule has 1 amide bonds. The maximum Gasteiger partial charge on any atom is 0.315 e. The number of aliphatic imine (C=N–C) groups is 1. The average molecular weight is 452 g/mol. The second kappa shape index (κ2) is 7.42. The van der Waals surface area contributed by atoms with Gasteiger partial charge in [-0.25, -0.2) is 14.4 Å². The van der Waals surface area contributed by atoms with Crippen molar-refractivity contribution >= 4 is 29.2 Å². The summed E-state index contributed by atoms with van der Waals surface area (Å²) in [7, 11) is 0. The number of hydrogen-bond donors (Lipinski definition) is 2. The van der Waals surface area contributed by atoms with Crippen LogP contribution >= 0.6 is 11.6 Å². The summed E-state index contributed by atoms with van der Waals surface area (Å²) >= 11 is 5.97. The van der Waals surface area contributed by atoms with Crippen LogP contribution in [0.25, 0.3) is 0 Å². The van der Waals surface area contributed by atoms with Gasteiger partial charge in [0.05, 0.1) is 10.6 Å². The van der Waals surface area contributed by atoms with Crippen LogP contribution in [0.5, 0.6) is 0 Å². The fourth-order valence-corrected chi connectivity index (χ4v) is 3.53. The summed E-state index contributed by atoms with van der Waals surface area (Å²) < 4.78 is 50.3. The van der Waals surface area contributed by atoms with Gasteiger partial charge in [0.25, 0.3) is 11.9 Å². The minimum atomic E-state index is -3.66. The van der Waals surface area contributed by atoms with Gasteiger partial charge >= 0.3 is 5.92 Å². The fraction of sp³-hybridized carbons (Fsp3) is 0.300. The van der Waals surface area contributed by atoms with Gasteiger partial charge in [0.15, 0.2) is 0 Å². The number of amidine groups is 1. The summed E-state index contributed by atoms with van der Waals surface area (Å²) in [5.41, 5.74) is 0.519. The number of nitrogens with one attached hydrogen (secondary N) is 1. The summed E-state index contributed by atoms with van der Waals surface area (Å²) in [6.45, 7) is 3.31. The van der Waals surface area contributed by atoms with Crippen molar-refractivity contribution in [3.63, 3.8) is 0 Å². The number of nitriles is 1. The highest BCUT2D eigenvalue weighted by Gasteiger charge is 2.66. The van der Waals surface area contributed by atoms with Gasteiger partial charge in [-0.2, -0.15) is 14.0 Å². The minimum Gasteiger partial charge on any atom is -0.448 e. The first-order chi connectivity index (χ1) is 14.3. The molecule has 31 heavy (non-hydrogen) atoms. The lowest BCUT2D eigenvalue weighted by Crippen LogP contribution is -2.62. The zero-order valence-electron chi connectivity index (χ0n) is 16.6. The topological polar surface area (TPSA) is 113 Å². The molecule has 1 aliphatic heterocycles. The van der Waals surface area contributed by atoms with Gasteiger partial charge in [0.2, 0.25) is 5.60 Å². The molecular formula is C20H17ClF3N5O2. The smallest absolute Gasteiger partial charge is 0.315 e. The van der Waals surface area contributed by atoms with Crippen molar-refractivity contribution in [2.45, 2.75) is 37.8 Å². The molecule has 1 aromatic heterocycles. The molecule has 162 valence electrons. The largest absolute Gasteiger partial charge is 0.448 e. The molecule has 3 rings (SSSR count). The van der Waals surface area contributed by atoms with E-state index >= 15 is 8.78 Å². The Morgan fingerprint density at radius 2 is 1.97 bits per heavy atom. The Labute approximate surface area is 180 Å². The summed E-state index contributed by atoms with van der Waals surface area (Å²) in [5, 5.41) is 11.2. The van der Waals surface area contributed by atoms with Crippen LogP contribution in [0.3, 0.4) is 0 Å². The first-order valence-corrected chi connectivity index (χ1v) is 9.29. The lowest BCUT2D eigenvalue weighted by Gasteiger charge is -2.47. The summed E-state index contributed by atoms with van der Waals surface area (Å²) in [6, 6.07) is 5.69. The summed E-state index contributed by atoms with van der Waals surface area (Å²) in [4.78, 5) is 20.0. The van der Waals surface area contributed by atoms with Crippen molar-refractivity contribution in [3.05, 3.63) is 58.1 Å². The van der Waals surface area contributed by atoms with E-state index in [9.17, 15) is 9.18 Å². The second-order valence-corrected chi connectivity index (χ2v) is 7.94. The van der Waals surface area contributed by atoms with Crippen LogP contribution in [0.15, 0.2) is 35.5 Å². The molecule has 2 aromatic rings. The van der Waals surface area contributed by atoms with E-state index in [0.717, 1.165) is 39.1 Å². The summed E-state index contributed by atoms with van der Waals surface area (Å²) in [5.74, 6) is -5.43. The van der Waals surface area contributed by atoms with Gasteiger partial charge in [-0.15, -0.1) is 0 Å². The molecule has 0 saturated carbocycles. The number of halogens is 4. The molecule has 7 nitrogen and oxygen atoms in total. The van der Waals surface area contributed by atoms with Crippen molar-refractivity contribution in [2.75, 3.05) is 5.32 Å². The second-order valence-electron chi connectivity index (χ2n) is 7.53. The van der Waals surface area contributed by atoms with Gasteiger partial charge in [-0.3, -0.25) is 4.79 Å². The van der Waals surface area contributed by atoms with Gasteiger partial charge < -0.3 is 15.8 Å². The molecule has 1 aliphatic rings. The van der Waals surface area contributed by atoms with E-state index in [1.54, 1.807) is 0 Å². The zero-order valence-corrected chi connectivity index (χ0v) is 17.4. The zero-order chi connectivity index (χ0) is 23.2. The van der Waals surface area contributed by atoms with Gasteiger partial charge in [-0.05, 0) is 45.0 Å². The van der Waals surface area contributed by atoms with Gasteiger partial charge in [-0.1, -0.05) is 11.6 Å². The number of carbonyl (C=O) groups is 1. The molecule has 1 aromatic carbocycles. The molecule has 11 heteroatoms. The van der Waals surface area contributed by atoms with Crippen LogP contribution < -0.4 is 11.1 Å². The number of aromatic nitrogens is 1. The molecule has 1 atom stereocenters. The molecule has 3 N–H and O–H groups in total. The first kappa shape index (κ1) is 22.4. The Morgan fingerprint density at radius 1 is 1.29 bits per heavy atom. The number of nitrogens with zero attached hydrogens (tertiary/aromatic N) is 3. The van der Waals surface area contributed by atoms with E-state index in [4.69, 9.17) is 27.3 Å². The number of hydrogen-bond acceptors (Lipinski definition) is 6. The fourth-order valence-electron chi connectivity index (χ4n) is 3.27. The van der Waals surface area contributed by atoms with Crippen LogP contribution in [0.1, 0.15) is 42.4 Å². The van der Waals surface area contributed by atoms with Crippen LogP contribution in [0, 0.1) is 17.1 Å². The maximum absolute atomic E-state index is 15.3. The molecular weight excluding hydrogens is 435 g/mol. The molecule has 0 radical (unpaired) electrons. The van der Waals surface area contributed by atoms with Gasteiger partial charge in [0, 0.05) is 17.4 Å². The normalized spacial score (nSPS) is 21.4. The SMILES string of the molecule is CC1(C)N=C(N)O[C@](C)(c2cc(NC(=O)c3ncc(C#N)cc3Cl)ccc2F)C1(F)F. The number of amides is 1. The summed E-state index contributed by atoms with van der Waals surface area (Å²) in [6.07, 6.45) is 1.15. The van der Waals surface area contributed by atoms with E-state index in [0.29, 0.717) is 0 Å². The molecule has 0 aliphatic carbocycles. The number of nitrogens with two attached hydrogens (primary N) is 1. The van der Waals surface area contributed by atoms with E-state index in [1.165, 1.54) is 12.1 Å². The van der Waals surface area contributed by atoms with Crippen LogP contribution in [-0.4, -0.2) is 28.4 Å². The third-order valence-electron chi connectivity index (χ3n) is 4.99. The van der Waals surface area contributed by atoms with Crippen molar-refractivity contribution in [3.8, 4) is 6.07 Å². The van der Waals surface area contributed by atoms with Crippen molar-refractivity contribution in [1.82, 2.24) is 4.98 Å². The highest BCUT2D eigenvalue weighted by molar-refractivity contribution is 6.34. The monoisotopic (exact) mass is 451 g/mol. The molecule has 0 saturated heterocycles. The van der Waals surface area contributed by atoms with Crippen LogP contribution in [0.4, 0.5) is 18.9 Å². The molecule has 0 unspecified atom stereocenters. The lowest BCUT2D eigenvalue weighted by molar-refractivity contribution is -0.215. The Kier molecular flexibility index (Phi) is 5.36. The van der Waals surface area contributed by atoms with E-state index in [-0.39, 0.29) is 22.0 Å². The number of rotatable bonds is 3. The lowest BCUT2D eigenvalue weighted by atomic mass is 9.78.